The maximum atomic E-state index is 13.0. The maximum absolute atomic E-state index is 13.0. The van der Waals surface area contributed by atoms with Crippen LogP contribution in [0, 0.1) is 0 Å². The number of phenolic OH excluding ortho intramolecular Hbond substituents is 1. The maximum Gasteiger partial charge on any atom is 0.279 e. The molecular weight excluding hydrogens is 456 g/mol. The Hall–Kier alpha value is -3.41. The van der Waals surface area contributed by atoms with Gasteiger partial charge in [0.2, 0.25) is 0 Å². The van der Waals surface area contributed by atoms with E-state index in [2.05, 4.69) is 6.92 Å². The molecule has 4 nitrogen and oxygen atoms in total. The van der Waals surface area contributed by atoms with Gasteiger partial charge in [0.1, 0.15) is 10.5 Å². The highest BCUT2D eigenvalue weighted by Crippen LogP contribution is 2.46. The average Bonchev–Trinajstić information content (AvgIpc) is 2.88. The molecule has 0 aliphatic rings. The van der Waals surface area contributed by atoms with Gasteiger partial charge >= 0.3 is 0 Å². The van der Waals surface area contributed by atoms with Gasteiger partial charge in [-0.05, 0) is 35.2 Å². The van der Waals surface area contributed by atoms with Gasteiger partial charge in [0, 0.05) is 23.0 Å². The summed E-state index contributed by atoms with van der Waals surface area (Å²) in [5.41, 5.74) is 4.05. The van der Waals surface area contributed by atoms with E-state index in [4.69, 9.17) is 0 Å². The lowest BCUT2D eigenvalue weighted by Gasteiger charge is -2.31. The number of phenols is 1. The molecule has 0 heterocycles. The van der Waals surface area contributed by atoms with Crippen molar-refractivity contribution in [2.24, 2.45) is 0 Å². The predicted octanol–water partition coefficient (Wildman–Crippen LogP) is 6.85. The molecule has 5 heteroatoms. The Balaban J connectivity index is 2.02. The van der Waals surface area contributed by atoms with Gasteiger partial charge in [0.25, 0.3) is 10.1 Å². The summed E-state index contributed by atoms with van der Waals surface area (Å²) in [6.45, 7) is 5.48. The van der Waals surface area contributed by atoms with Crippen molar-refractivity contribution in [1.29, 1.82) is 0 Å². The van der Waals surface area contributed by atoms with Crippen molar-refractivity contribution in [2.75, 3.05) is 0 Å². The van der Waals surface area contributed by atoms with Crippen molar-refractivity contribution in [2.45, 2.75) is 37.4 Å². The average molecular weight is 487 g/mol. The zero-order chi connectivity index (χ0) is 25.2. The summed E-state index contributed by atoms with van der Waals surface area (Å²) < 4.78 is 34.6. The minimum atomic E-state index is -4.67. The minimum absolute atomic E-state index is 0.0707. The number of benzene rings is 4. The largest absolute Gasteiger partial charge is 0.507 e. The van der Waals surface area contributed by atoms with Crippen molar-refractivity contribution in [3.05, 3.63) is 137 Å². The Morgan fingerprint density at radius 2 is 1.14 bits per heavy atom. The van der Waals surface area contributed by atoms with Crippen LogP contribution in [0.25, 0.3) is 0 Å². The molecule has 4 aromatic carbocycles. The topological polar surface area (TPSA) is 74.6 Å². The second-order valence-corrected chi connectivity index (χ2v) is 10.9. The van der Waals surface area contributed by atoms with Crippen LogP contribution in [-0.2, 0) is 14.9 Å². The Morgan fingerprint density at radius 1 is 0.686 bits per heavy atom. The first kappa shape index (κ1) is 24.7. The van der Waals surface area contributed by atoms with Crippen LogP contribution in [0.2, 0.25) is 0 Å². The van der Waals surface area contributed by atoms with Crippen LogP contribution in [0.5, 0.6) is 5.75 Å². The van der Waals surface area contributed by atoms with Crippen molar-refractivity contribution < 1.29 is 18.1 Å². The molecule has 0 spiro atoms. The van der Waals surface area contributed by atoms with Crippen LogP contribution in [0.4, 0.5) is 0 Å². The van der Waals surface area contributed by atoms with Gasteiger partial charge in [-0.1, -0.05) is 111 Å². The quantitative estimate of drug-likeness (QED) is 0.280. The van der Waals surface area contributed by atoms with Gasteiger partial charge in [-0.25, -0.2) is 0 Å². The Kier molecular flexibility index (Phi) is 6.84. The molecule has 0 fully saturated rings. The van der Waals surface area contributed by atoms with Gasteiger partial charge in [0.15, 0.2) is 0 Å². The first-order chi connectivity index (χ1) is 16.6. The number of aromatic hydroxyl groups is 1. The molecule has 35 heavy (non-hydrogen) atoms. The van der Waals surface area contributed by atoms with E-state index in [1.807, 2.05) is 73.7 Å². The van der Waals surface area contributed by atoms with E-state index in [9.17, 15) is 18.1 Å². The molecule has 0 aliphatic heterocycles. The molecule has 2 N–H and O–H groups in total. The standard InChI is InChI=1S/C30H30O4S/c1-21(23-13-7-4-8-14-23)25-19-27(22(2)24-15-9-5-10-16-24)29(31)28(20-25)30(3,35(32,33)34)26-17-11-6-12-18-26/h4-22,31H,1-3H3,(H,32,33,34). The van der Waals surface area contributed by atoms with Gasteiger partial charge < -0.3 is 5.11 Å². The van der Waals surface area contributed by atoms with E-state index in [1.54, 1.807) is 36.4 Å². The Labute approximate surface area is 207 Å². The fourth-order valence-corrected chi connectivity index (χ4v) is 5.55. The van der Waals surface area contributed by atoms with Crippen LogP contribution in [0.15, 0.2) is 103 Å². The Bertz CT molecular complexity index is 1400. The summed E-state index contributed by atoms with van der Waals surface area (Å²) in [5.74, 6) is -0.410. The van der Waals surface area contributed by atoms with Crippen LogP contribution >= 0.6 is 0 Å². The molecule has 4 rings (SSSR count). The van der Waals surface area contributed by atoms with Crippen molar-refractivity contribution in [1.82, 2.24) is 0 Å². The van der Waals surface area contributed by atoms with E-state index in [0.717, 1.165) is 16.7 Å². The summed E-state index contributed by atoms with van der Waals surface area (Å²) in [4.78, 5) is 0. The number of hydrogen-bond donors (Lipinski definition) is 2. The van der Waals surface area contributed by atoms with Crippen molar-refractivity contribution in [3.63, 3.8) is 0 Å². The van der Waals surface area contributed by atoms with Gasteiger partial charge in [-0.2, -0.15) is 8.42 Å². The summed E-state index contributed by atoms with van der Waals surface area (Å²) in [5, 5.41) is 11.6. The van der Waals surface area contributed by atoms with Crippen LogP contribution in [0.3, 0.4) is 0 Å². The van der Waals surface area contributed by atoms with Crippen LogP contribution in [-0.4, -0.2) is 18.1 Å². The van der Waals surface area contributed by atoms with Gasteiger partial charge in [-0.3, -0.25) is 4.55 Å². The van der Waals surface area contributed by atoms with Crippen LogP contribution in [0.1, 0.15) is 66.0 Å². The highest BCUT2D eigenvalue weighted by atomic mass is 32.2. The molecule has 0 saturated heterocycles. The molecule has 0 saturated carbocycles. The number of rotatable bonds is 7. The lowest BCUT2D eigenvalue weighted by molar-refractivity contribution is 0.430. The molecule has 3 atom stereocenters. The highest BCUT2D eigenvalue weighted by Gasteiger charge is 2.44. The molecule has 0 aliphatic carbocycles. The van der Waals surface area contributed by atoms with E-state index in [0.29, 0.717) is 11.1 Å². The number of hydrogen-bond acceptors (Lipinski definition) is 3. The summed E-state index contributed by atoms with van der Waals surface area (Å²) in [6.07, 6.45) is 0. The van der Waals surface area contributed by atoms with E-state index >= 15 is 0 Å². The van der Waals surface area contributed by atoms with Gasteiger partial charge in [0.05, 0.1) is 0 Å². The molecular formula is C30H30O4S. The third-order valence-electron chi connectivity index (χ3n) is 7.08. The van der Waals surface area contributed by atoms with E-state index < -0.39 is 14.9 Å². The van der Waals surface area contributed by atoms with Gasteiger partial charge in [-0.15, -0.1) is 0 Å². The Morgan fingerprint density at radius 3 is 1.63 bits per heavy atom. The monoisotopic (exact) mass is 486 g/mol. The smallest absolute Gasteiger partial charge is 0.279 e. The predicted molar refractivity (Wildman–Crippen MR) is 140 cm³/mol. The second kappa shape index (κ2) is 9.68. The summed E-state index contributed by atoms with van der Waals surface area (Å²) in [6, 6.07) is 31.9. The fraction of sp³-hybridized carbons (Fsp3) is 0.200. The SMILES string of the molecule is CC(c1ccccc1)c1cc(C(C)c2ccccc2)c(O)c(C(C)(c2ccccc2)S(=O)(=O)O)c1. The molecule has 4 aromatic rings. The molecule has 0 amide bonds. The van der Waals surface area contributed by atoms with Crippen molar-refractivity contribution >= 4 is 10.1 Å². The zero-order valence-electron chi connectivity index (χ0n) is 20.1. The molecule has 0 radical (unpaired) electrons. The fourth-order valence-electron chi connectivity index (χ4n) is 4.68. The third-order valence-corrected chi connectivity index (χ3v) is 8.57. The molecule has 3 unspecified atom stereocenters. The highest BCUT2D eigenvalue weighted by molar-refractivity contribution is 7.87. The molecule has 180 valence electrons. The second-order valence-electron chi connectivity index (χ2n) is 9.15. The first-order valence-electron chi connectivity index (χ1n) is 11.6. The van der Waals surface area contributed by atoms with E-state index in [-0.39, 0.29) is 23.1 Å². The first-order valence-corrected chi connectivity index (χ1v) is 13.1. The lowest BCUT2D eigenvalue weighted by atomic mass is 9.81. The van der Waals surface area contributed by atoms with Crippen molar-refractivity contribution in [3.8, 4) is 5.75 Å². The normalized spacial score (nSPS) is 15.2. The summed E-state index contributed by atoms with van der Waals surface area (Å²) in [7, 11) is -4.67. The van der Waals surface area contributed by atoms with Crippen LogP contribution < -0.4 is 0 Å². The zero-order valence-corrected chi connectivity index (χ0v) is 20.9. The molecule has 0 bridgehead atoms. The lowest BCUT2D eigenvalue weighted by Crippen LogP contribution is -2.34. The van der Waals surface area contributed by atoms with E-state index in [1.165, 1.54) is 6.92 Å². The molecule has 0 aromatic heterocycles. The minimum Gasteiger partial charge on any atom is -0.507 e. The third kappa shape index (κ3) is 4.62. The summed E-state index contributed by atoms with van der Waals surface area (Å²) >= 11 is 0.